The molecule has 0 aromatic heterocycles. The molecular formula is C13H16FNO2. The minimum atomic E-state index is -0.546. The molecule has 1 aromatic rings. The first-order valence-corrected chi connectivity index (χ1v) is 5.83. The van der Waals surface area contributed by atoms with E-state index in [-0.39, 0.29) is 17.6 Å². The van der Waals surface area contributed by atoms with Gasteiger partial charge in [-0.3, -0.25) is 4.79 Å². The number of aliphatic hydroxyl groups excluding tert-OH is 1. The summed E-state index contributed by atoms with van der Waals surface area (Å²) in [5.74, 6) is -0.828. The summed E-state index contributed by atoms with van der Waals surface area (Å²) in [4.78, 5) is 11.9. The summed E-state index contributed by atoms with van der Waals surface area (Å²) in [6.07, 6.45) is 1.73. The highest BCUT2D eigenvalue weighted by atomic mass is 19.1. The molecule has 0 radical (unpaired) electrons. The van der Waals surface area contributed by atoms with Gasteiger partial charge in [-0.2, -0.15) is 0 Å². The molecule has 1 aliphatic rings. The minimum absolute atomic E-state index is 0.176. The predicted molar refractivity (Wildman–Crippen MR) is 63.1 cm³/mol. The van der Waals surface area contributed by atoms with Gasteiger partial charge in [-0.25, -0.2) is 4.39 Å². The highest BCUT2D eigenvalue weighted by Crippen LogP contribution is 2.27. The number of rotatable bonds is 2. The topological polar surface area (TPSA) is 49.3 Å². The number of amides is 1. The van der Waals surface area contributed by atoms with Gasteiger partial charge in [-0.05, 0) is 49.9 Å². The molecule has 0 aliphatic heterocycles. The number of hydrogen-bond donors (Lipinski definition) is 2. The number of carbonyl (C=O) groups is 1. The van der Waals surface area contributed by atoms with E-state index in [4.69, 9.17) is 0 Å². The van der Waals surface area contributed by atoms with Crippen molar-refractivity contribution in [2.24, 2.45) is 5.92 Å². The second-order valence-corrected chi connectivity index (χ2v) is 4.55. The number of halogens is 1. The van der Waals surface area contributed by atoms with Crippen molar-refractivity contribution in [2.45, 2.75) is 32.3 Å². The second kappa shape index (κ2) is 4.84. The zero-order valence-corrected chi connectivity index (χ0v) is 9.74. The van der Waals surface area contributed by atoms with Crippen LogP contribution in [0.2, 0.25) is 0 Å². The van der Waals surface area contributed by atoms with Gasteiger partial charge in [0, 0.05) is 5.69 Å². The summed E-state index contributed by atoms with van der Waals surface area (Å²) in [7, 11) is 0. The quantitative estimate of drug-likeness (QED) is 0.828. The number of nitrogens with one attached hydrogen (secondary N) is 1. The van der Waals surface area contributed by atoms with Gasteiger partial charge in [0.2, 0.25) is 5.91 Å². The third kappa shape index (κ3) is 2.64. The van der Waals surface area contributed by atoms with Crippen LogP contribution in [0, 0.1) is 18.7 Å². The maximum absolute atomic E-state index is 12.9. The summed E-state index contributed by atoms with van der Waals surface area (Å²) >= 11 is 0. The van der Waals surface area contributed by atoms with Crippen molar-refractivity contribution in [1.82, 2.24) is 0 Å². The molecule has 1 saturated carbocycles. The smallest absolute Gasteiger partial charge is 0.230 e. The van der Waals surface area contributed by atoms with Crippen LogP contribution >= 0.6 is 0 Å². The lowest BCUT2D eigenvalue weighted by Crippen LogP contribution is -2.28. The Morgan fingerprint density at radius 2 is 2.24 bits per heavy atom. The molecule has 3 nitrogen and oxygen atoms in total. The van der Waals surface area contributed by atoms with Crippen LogP contribution in [0.25, 0.3) is 0 Å². The Morgan fingerprint density at radius 1 is 1.47 bits per heavy atom. The van der Waals surface area contributed by atoms with Crippen LogP contribution in [-0.2, 0) is 4.79 Å². The normalized spacial score (nSPS) is 23.7. The molecule has 2 atom stereocenters. The van der Waals surface area contributed by atoms with Crippen molar-refractivity contribution in [3.63, 3.8) is 0 Å². The van der Waals surface area contributed by atoms with Crippen LogP contribution in [0.1, 0.15) is 24.8 Å². The SMILES string of the molecule is Cc1cc(F)ccc1NC(=O)C1CCCC1O. The van der Waals surface area contributed by atoms with Gasteiger partial charge in [0.1, 0.15) is 5.82 Å². The van der Waals surface area contributed by atoms with Gasteiger partial charge < -0.3 is 10.4 Å². The number of anilines is 1. The van der Waals surface area contributed by atoms with E-state index in [1.54, 1.807) is 13.0 Å². The number of benzene rings is 1. The summed E-state index contributed by atoms with van der Waals surface area (Å²) in [5, 5.41) is 12.4. The summed E-state index contributed by atoms with van der Waals surface area (Å²) < 4.78 is 12.9. The van der Waals surface area contributed by atoms with Crippen LogP contribution in [0.5, 0.6) is 0 Å². The molecular weight excluding hydrogens is 221 g/mol. The molecule has 0 heterocycles. The third-order valence-electron chi connectivity index (χ3n) is 3.26. The van der Waals surface area contributed by atoms with Gasteiger partial charge in [0.05, 0.1) is 12.0 Å². The Bertz CT molecular complexity index is 433. The molecule has 1 aliphatic carbocycles. The average molecular weight is 237 g/mol. The monoisotopic (exact) mass is 237 g/mol. The fraction of sp³-hybridized carbons (Fsp3) is 0.462. The number of aryl methyl sites for hydroxylation is 1. The van der Waals surface area contributed by atoms with E-state index < -0.39 is 6.10 Å². The molecule has 0 bridgehead atoms. The highest BCUT2D eigenvalue weighted by molar-refractivity contribution is 5.93. The highest BCUT2D eigenvalue weighted by Gasteiger charge is 2.31. The van der Waals surface area contributed by atoms with Crippen LogP contribution in [0.3, 0.4) is 0 Å². The van der Waals surface area contributed by atoms with Crippen LogP contribution in [-0.4, -0.2) is 17.1 Å². The standard InChI is InChI=1S/C13H16FNO2/c1-8-7-9(14)5-6-11(8)15-13(17)10-3-2-4-12(10)16/h5-7,10,12,16H,2-4H2,1H3,(H,15,17). The van der Waals surface area contributed by atoms with E-state index in [1.807, 2.05) is 0 Å². The molecule has 0 spiro atoms. The molecule has 1 aromatic carbocycles. The zero-order valence-electron chi connectivity index (χ0n) is 9.74. The molecule has 0 saturated heterocycles. The molecule has 2 N–H and O–H groups in total. The Kier molecular flexibility index (Phi) is 3.43. The average Bonchev–Trinajstić information content (AvgIpc) is 2.68. The van der Waals surface area contributed by atoms with Crippen molar-refractivity contribution in [1.29, 1.82) is 0 Å². The van der Waals surface area contributed by atoms with Crippen molar-refractivity contribution in [3.8, 4) is 0 Å². The van der Waals surface area contributed by atoms with E-state index in [0.29, 0.717) is 24.1 Å². The summed E-state index contributed by atoms with van der Waals surface area (Å²) in [5.41, 5.74) is 1.29. The van der Waals surface area contributed by atoms with E-state index in [2.05, 4.69) is 5.32 Å². The second-order valence-electron chi connectivity index (χ2n) is 4.55. The maximum Gasteiger partial charge on any atom is 0.230 e. The fourth-order valence-corrected chi connectivity index (χ4v) is 2.24. The van der Waals surface area contributed by atoms with E-state index >= 15 is 0 Å². The van der Waals surface area contributed by atoms with Gasteiger partial charge in [0.15, 0.2) is 0 Å². The Balaban J connectivity index is 2.07. The molecule has 92 valence electrons. The Labute approximate surface area is 99.7 Å². The predicted octanol–water partition coefficient (Wildman–Crippen LogP) is 2.23. The first-order chi connectivity index (χ1) is 8.08. The molecule has 1 fully saturated rings. The Morgan fingerprint density at radius 3 is 2.82 bits per heavy atom. The molecule has 2 rings (SSSR count). The lowest BCUT2D eigenvalue weighted by atomic mass is 10.0. The summed E-state index contributed by atoms with van der Waals surface area (Å²) in [6.45, 7) is 1.74. The number of hydrogen-bond acceptors (Lipinski definition) is 2. The number of aliphatic hydroxyl groups is 1. The van der Waals surface area contributed by atoms with Crippen molar-refractivity contribution >= 4 is 11.6 Å². The molecule has 17 heavy (non-hydrogen) atoms. The Hall–Kier alpha value is -1.42. The summed E-state index contributed by atoms with van der Waals surface area (Å²) in [6, 6.07) is 4.23. The van der Waals surface area contributed by atoms with Crippen molar-refractivity contribution in [3.05, 3.63) is 29.6 Å². The van der Waals surface area contributed by atoms with Crippen LogP contribution in [0.15, 0.2) is 18.2 Å². The molecule has 2 unspecified atom stereocenters. The fourth-order valence-electron chi connectivity index (χ4n) is 2.24. The van der Waals surface area contributed by atoms with Crippen molar-refractivity contribution < 1.29 is 14.3 Å². The largest absolute Gasteiger partial charge is 0.392 e. The van der Waals surface area contributed by atoms with Crippen molar-refractivity contribution in [2.75, 3.05) is 5.32 Å². The first-order valence-electron chi connectivity index (χ1n) is 5.83. The van der Waals surface area contributed by atoms with Crippen LogP contribution < -0.4 is 5.32 Å². The van der Waals surface area contributed by atoms with E-state index in [1.165, 1.54) is 12.1 Å². The zero-order chi connectivity index (χ0) is 12.4. The number of carbonyl (C=O) groups excluding carboxylic acids is 1. The van der Waals surface area contributed by atoms with Crippen LogP contribution in [0.4, 0.5) is 10.1 Å². The molecule has 1 amide bonds. The van der Waals surface area contributed by atoms with Gasteiger partial charge in [0.25, 0.3) is 0 Å². The van der Waals surface area contributed by atoms with Gasteiger partial charge in [-0.15, -0.1) is 0 Å². The minimum Gasteiger partial charge on any atom is -0.392 e. The van der Waals surface area contributed by atoms with E-state index in [9.17, 15) is 14.3 Å². The lowest BCUT2D eigenvalue weighted by Gasteiger charge is -2.15. The third-order valence-corrected chi connectivity index (χ3v) is 3.26. The van der Waals surface area contributed by atoms with Gasteiger partial charge in [-0.1, -0.05) is 0 Å². The lowest BCUT2D eigenvalue weighted by molar-refractivity contribution is -0.122. The molecule has 4 heteroatoms. The van der Waals surface area contributed by atoms with E-state index in [0.717, 1.165) is 6.42 Å². The maximum atomic E-state index is 12.9. The first kappa shape index (κ1) is 12.0. The van der Waals surface area contributed by atoms with Gasteiger partial charge >= 0.3 is 0 Å².